The monoisotopic (exact) mass is 241 g/mol. The normalized spacial score (nSPS) is 33.8. The van der Waals surface area contributed by atoms with Crippen molar-refractivity contribution in [2.45, 2.75) is 32.7 Å². The maximum atomic E-state index is 12.1. The lowest BCUT2D eigenvalue weighted by molar-refractivity contribution is -0.128. The highest BCUT2D eigenvalue weighted by Crippen LogP contribution is 2.32. The topological polar surface area (TPSA) is 58.4 Å². The highest BCUT2D eigenvalue weighted by atomic mass is 16.1. The van der Waals surface area contributed by atoms with Crippen LogP contribution in [0.4, 0.5) is 0 Å². The first kappa shape index (κ1) is 14.5. The zero-order valence-electron chi connectivity index (χ0n) is 11.6. The third-order valence-electron chi connectivity index (χ3n) is 3.88. The van der Waals surface area contributed by atoms with Crippen molar-refractivity contribution in [3.8, 4) is 0 Å². The molecule has 4 heteroatoms. The van der Waals surface area contributed by atoms with Crippen LogP contribution in [0.15, 0.2) is 0 Å². The smallest absolute Gasteiger partial charge is 0.223 e. The predicted molar refractivity (Wildman–Crippen MR) is 70.6 cm³/mol. The van der Waals surface area contributed by atoms with Gasteiger partial charge in [-0.2, -0.15) is 0 Å². The lowest BCUT2D eigenvalue weighted by Gasteiger charge is -2.36. The first-order valence-corrected chi connectivity index (χ1v) is 6.59. The fraction of sp³-hybridized carbons (Fsp3) is 0.923. The van der Waals surface area contributed by atoms with Gasteiger partial charge in [-0.15, -0.1) is 0 Å². The van der Waals surface area contributed by atoms with Gasteiger partial charge in [0.15, 0.2) is 0 Å². The van der Waals surface area contributed by atoms with E-state index in [9.17, 15) is 4.79 Å². The molecular weight excluding hydrogens is 214 g/mol. The highest BCUT2D eigenvalue weighted by Gasteiger charge is 2.34. The molecule has 4 unspecified atom stereocenters. The zero-order chi connectivity index (χ0) is 13.0. The number of carbonyl (C=O) groups is 1. The quantitative estimate of drug-likeness (QED) is 0.761. The van der Waals surface area contributed by atoms with Crippen LogP contribution >= 0.6 is 0 Å². The highest BCUT2D eigenvalue weighted by molar-refractivity contribution is 5.79. The maximum Gasteiger partial charge on any atom is 0.223 e. The Balaban J connectivity index is 2.40. The summed E-state index contributed by atoms with van der Waals surface area (Å²) in [5, 5.41) is 3.01. The first-order chi connectivity index (χ1) is 7.91. The Labute approximate surface area is 105 Å². The van der Waals surface area contributed by atoms with Gasteiger partial charge in [0.05, 0.1) is 0 Å². The van der Waals surface area contributed by atoms with E-state index in [1.54, 1.807) is 0 Å². The number of amides is 1. The largest absolute Gasteiger partial charge is 0.355 e. The summed E-state index contributed by atoms with van der Waals surface area (Å²) in [7, 11) is 4.01. The van der Waals surface area contributed by atoms with Gasteiger partial charge in [0.1, 0.15) is 0 Å². The minimum absolute atomic E-state index is 0.100. The number of nitrogens with zero attached hydrogens (tertiary/aromatic N) is 1. The van der Waals surface area contributed by atoms with Crippen molar-refractivity contribution in [3.05, 3.63) is 0 Å². The summed E-state index contributed by atoms with van der Waals surface area (Å²) in [5.41, 5.74) is 6.06. The van der Waals surface area contributed by atoms with Gasteiger partial charge in [0, 0.05) is 25.0 Å². The van der Waals surface area contributed by atoms with Crippen LogP contribution in [-0.2, 0) is 4.79 Å². The molecule has 1 amide bonds. The molecule has 0 bridgehead atoms. The molecule has 0 aromatic heterocycles. The van der Waals surface area contributed by atoms with Crippen molar-refractivity contribution in [1.82, 2.24) is 10.2 Å². The fourth-order valence-corrected chi connectivity index (χ4v) is 2.58. The van der Waals surface area contributed by atoms with Crippen LogP contribution < -0.4 is 11.1 Å². The number of nitrogens with one attached hydrogen (secondary N) is 1. The number of likely N-dealkylation sites (N-methyl/N-ethyl adjacent to an activating group) is 1. The van der Waals surface area contributed by atoms with Crippen LogP contribution in [-0.4, -0.2) is 44.0 Å². The number of hydrogen-bond acceptors (Lipinski definition) is 3. The second-order valence-electron chi connectivity index (χ2n) is 5.79. The molecule has 0 aromatic carbocycles. The third kappa shape index (κ3) is 4.28. The average molecular weight is 241 g/mol. The van der Waals surface area contributed by atoms with Crippen molar-refractivity contribution in [3.63, 3.8) is 0 Å². The Hall–Kier alpha value is -0.610. The van der Waals surface area contributed by atoms with E-state index in [0.717, 1.165) is 25.9 Å². The zero-order valence-corrected chi connectivity index (χ0v) is 11.6. The van der Waals surface area contributed by atoms with Crippen molar-refractivity contribution in [2.75, 3.05) is 27.2 Å². The Morgan fingerprint density at radius 1 is 1.29 bits per heavy atom. The van der Waals surface area contributed by atoms with Gasteiger partial charge in [0.25, 0.3) is 0 Å². The van der Waals surface area contributed by atoms with Crippen molar-refractivity contribution < 1.29 is 4.79 Å². The minimum atomic E-state index is 0.100. The number of hydrogen-bond donors (Lipinski definition) is 2. The Morgan fingerprint density at radius 2 is 1.94 bits per heavy atom. The third-order valence-corrected chi connectivity index (χ3v) is 3.88. The predicted octanol–water partition coefficient (Wildman–Crippen LogP) is 0.674. The second-order valence-corrected chi connectivity index (χ2v) is 5.79. The summed E-state index contributed by atoms with van der Waals surface area (Å²) in [6.07, 6.45) is 1.89. The van der Waals surface area contributed by atoms with Crippen molar-refractivity contribution >= 4 is 5.91 Å². The maximum absolute atomic E-state index is 12.1. The molecule has 1 aliphatic rings. The van der Waals surface area contributed by atoms with Gasteiger partial charge in [0.2, 0.25) is 5.91 Å². The number of nitrogens with two attached hydrogens (primary N) is 1. The standard InChI is InChI=1S/C13H27N3O/c1-9-7-10(2)12(14)8-11(9)13(17)15-5-6-16(3)4/h9-12H,5-8,14H2,1-4H3,(H,15,17). The van der Waals surface area contributed by atoms with Gasteiger partial charge < -0.3 is 16.0 Å². The summed E-state index contributed by atoms with van der Waals surface area (Å²) in [4.78, 5) is 14.1. The summed E-state index contributed by atoms with van der Waals surface area (Å²) < 4.78 is 0. The van der Waals surface area contributed by atoms with Crippen LogP contribution in [0.5, 0.6) is 0 Å². The molecule has 0 saturated heterocycles. The molecular formula is C13H27N3O. The van der Waals surface area contributed by atoms with Crippen LogP contribution in [0.25, 0.3) is 0 Å². The van der Waals surface area contributed by atoms with E-state index in [1.807, 2.05) is 14.1 Å². The summed E-state index contributed by atoms with van der Waals surface area (Å²) >= 11 is 0. The molecule has 0 heterocycles. The average Bonchev–Trinajstić information content (AvgIpc) is 2.22. The van der Waals surface area contributed by atoms with Gasteiger partial charge in [-0.3, -0.25) is 4.79 Å². The summed E-state index contributed by atoms with van der Waals surface area (Å²) in [6, 6.07) is 0.177. The molecule has 0 radical (unpaired) electrons. The Kier molecular flexibility index (Phi) is 5.40. The number of carbonyl (C=O) groups excluding carboxylic acids is 1. The van der Waals surface area contributed by atoms with E-state index in [2.05, 4.69) is 24.1 Å². The lowest BCUT2D eigenvalue weighted by Crippen LogP contribution is -2.46. The van der Waals surface area contributed by atoms with Crippen LogP contribution in [0, 0.1) is 17.8 Å². The van der Waals surface area contributed by atoms with E-state index >= 15 is 0 Å². The van der Waals surface area contributed by atoms with Crippen molar-refractivity contribution in [1.29, 1.82) is 0 Å². The summed E-state index contributed by atoms with van der Waals surface area (Å²) in [6.45, 7) is 5.95. The van der Waals surface area contributed by atoms with E-state index in [4.69, 9.17) is 5.73 Å². The van der Waals surface area contributed by atoms with Gasteiger partial charge >= 0.3 is 0 Å². The van der Waals surface area contributed by atoms with E-state index in [0.29, 0.717) is 11.8 Å². The Bertz CT molecular complexity index is 255. The second kappa shape index (κ2) is 6.36. The van der Waals surface area contributed by atoms with Gasteiger partial charge in [-0.05, 0) is 38.8 Å². The molecule has 1 saturated carbocycles. The van der Waals surface area contributed by atoms with E-state index in [-0.39, 0.29) is 17.9 Å². The van der Waals surface area contributed by atoms with Gasteiger partial charge in [-0.25, -0.2) is 0 Å². The number of rotatable bonds is 4. The molecule has 0 aromatic rings. The summed E-state index contributed by atoms with van der Waals surface area (Å²) in [5.74, 6) is 1.27. The molecule has 1 rings (SSSR count). The minimum Gasteiger partial charge on any atom is -0.355 e. The van der Waals surface area contributed by atoms with Crippen LogP contribution in [0.1, 0.15) is 26.7 Å². The van der Waals surface area contributed by atoms with Crippen molar-refractivity contribution in [2.24, 2.45) is 23.5 Å². The molecule has 3 N–H and O–H groups in total. The van der Waals surface area contributed by atoms with Gasteiger partial charge in [-0.1, -0.05) is 13.8 Å². The van der Waals surface area contributed by atoms with E-state index < -0.39 is 0 Å². The Morgan fingerprint density at radius 3 is 2.53 bits per heavy atom. The molecule has 4 nitrogen and oxygen atoms in total. The molecule has 4 atom stereocenters. The van der Waals surface area contributed by atoms with Crippen LogP contribution in [0.2, 0.25) is 0 Å². The first-order valence-electron chi connectivity index (χ1n) is 6.59. The van der Waals surface area contributed by atoms with E-state index in [1.165, 1.54) is 0 Å². The molecule has 1 fully saturated rings. The molecule has 100 valence electrons. The SMILES string of the molecule is CC1CC(C)C(C(=O)NCCN(C)C)CC1N. The molecule has 1 aliphatic carbocycles. The molecule has 17 heavy (non-hydrogen) atoms. The fourth-order valence-electron chi connectivity index (χ4n) is 2.58. The molecule has 0 aliphatic heterocycles. The molecule has 0 spiro atoms. The lowest BCUT2D eigenvalue weighted by atomic mass is 9.72. The van der Waals surface area contributed by atoms with Crippen LogP contribution in [0.3, 0.4) is 0 Å².